The van der Waals surface area contributed by atoms with E-state index >= 15 is 0 Å². The van der Waals surface area contributed by atoms with Gasteiger partial charge in [0.05, 0.1) is 0 Å². The molecule has 152 valence electrons. The van der Waals surface area contributed by atoms with Gasteiger partial charge in [-0.1, -0.05) is 25.1 Å². The molecule has 0 radical (unpaired) electrons. The van der Waals surface area contributed by atoms with Crippen LogP contribution >= 0.6 is 0 Å². The van der Waals surface area contributed by atoms with E-state index in [0.29, 0.717) is 5.92 Å². The van der Waals surface area contributed by atoms with Gasteiger partial charge in [-0.3, -0.25) is 9.80 Å². The van der Waals surface area contributed by atoms with Crippen molar-refractivity contribution in [2.24, 2.45) is 5.92 Å². The predicted molar refractivity (Wildman–Crippen MR) is 113 cm³/mol. The van der Waals surface area contributed by atoms with Crippen LogP contribution in [0.5, 0.6) is 5.75 Å². The van der Waals surface area contributed by atoms with Crippen molar-refractivity contribution in [1.29, 1.82) is 0 Å². The van der Waals surface area contributed by atoms with Crippen LogP contribution in [0.3, 0.4) is 0 Å². The van der Waals surface area contributed by atoms with E-state index in [1.807, 2.05) is 12.4 Å². The van der Waals surface area contributed by atoms with Crippen LogP contribution in [-0.2, 0) is 6.54 Å². The predicted octanol–water partition coefficient (Wildman–Crippen LogP) is 3.90. The molecule has 2 aromatic rings. The van der Waals surface area contributed by atoms with Gasteiger partial charge in [0.25, 0.3) is 0 Å². The molecule has 0 aliphatic carbocycles. The summed E-state index contributed by atoms with van der Waals surface area (Å²) in [7, 11) is 0. The largest absolute Gasteiger partial charge is 0.492 e. The lowest BCUT2D eigenvalue weighted by molar-refractivity contribution is 0.151. The number of piperidine rings is 2. The number of ether oxygens (including phenoxy) is 1. The highest BCUT2D eigenvalue weighted by atomic mass is 16.5. The fourth-order valence-electron chi connectivity index (χ4n) is 4.66. The van der Waals surface area contributed by atoms with Gasteiger partial charge in [0.2, 0.25) is 0 Å². The van der Waals surface area contributed by atoms with Gasteiger partial charge in [0.15, 0.2) is 0 Å². The molecule has 1 N–H and O–H groups in total. The minimum atomic E-state index is 0.574. The molecule has 2 saturated heterocycles. The highest BCUT2D eigenvalue weighted by molar-refractivity contribution is 5.33. The maximum absolute atomic E-state index is 6.21. The highest BCUT2D eigenvalue weighted by Crippen LogP contribution is 2.28. The average molecular weight is 383 g/mol. The Labute approximate surface area is 169 Å². The maximum atomic E-state index is 6.21. The fourth-order valence-corrected chi connectivity index (χ4v) is 4.66. The molecule has 3 heterocycles. The second kappa shape index (κ2) is 9.57. The van der Waals surface area contributed by atoms with Crippen LogP contribution in [0.25, 0.3) is 0 Å². The topological polar surface area (TPSA) is 44.4 Å². The Morgan fingerprint density at radius 2 is 1.96 bits per heavy atom. The van der Waals surface area contributed by atoms with Gasteiger partial charge in [-0.05, 0) is 57.3 Å². The van der Waals surface area contributed by atoms with Gasteiger partial charge in [0, 0.05) is 43.5 Å². The van der Waals surface area contributed by atoms with Crippen molar-refractivity contribution in [1.82, 2.24) is 19.8 Å². The van der Waals surface area contributed by atoms with Crippen LogP contribution < -0.4 is 4.74 Å². The number of hydrogen-bond donors (Lipinski definition) is 1. The Hall–Kier alpha value is -1.85. The van der Waals surface area contributed by atoms with Gasteiger partial charge in [-0.25, -0.2) is 4.98 Å². The third kappa shape index (κ3) is 5.15. The van der Waals surface area contributed by atoms with Crippen molar-refractivity contribution in [3.05, 3.63) is 48.0 Å². The van der Waals surface area contributed by atoms with Crippen LogP contribution in [0.4, 0.5) is 0 Å². The van der Waals surface area contributed by atoms with Crippen LogP contribution in [0.1, 0.15) is 49.9 Å². The number of para-hydroxylation sites is 1. The third-order valence-electron chi connectivity index (χ3n) is 6.27. The summed E-state index contributed by atoms with van der Waals surface area (Å²) in [6.07, 6.45) is 8.83. The number of imidazole rings is 1. The second-order valence-electron chi connectivity index (χ2n) is 8.53. The number of hydrogen-bond acceptors (Lipinski definition) is 4. The first kappa shape index (κ1) is 19.5. The molecule has 2 fully saturated rings. The number of aromatic amines is 1. The minimum Gasteiger partial charge on any atom is -0.492 e. The maximum Gasteiger partial charge on any atom is 0.123 e. The van der Waals surface area contributed by atoms with E-state index in [1.165, 1.54) is 44.3 Å². The van der Waals surface area contributed by atoms with E-state index in [4.69, 9.17) is 4.74 Å². The zero-order valence-electron chi connectivity index (χ0n) is 17.1. The average Bonchev–Trinajstić information content (AvgIpc) is 3.25. The van der Waals surface area contributed by atoms with Crippen LogP contribution in [-0.4, -0.2) is 59.1 Å². The highest BCUT2D eigenvalue weighted by Gasteiger charge is 2.23. The number of likely N-dealkylation sites (tertiary alicyclic amines) is 2. The van der Waals surface area contributed by atoms with Crippen LogP contribution in [0, 0.1) is 5.92 Å². The summed E-state index contributed by atoms with van der Waals surface area (Å²) in [5.74, 6) is 3.60. The molecule has 0 saturated carbocycles. The smallest absolute Gasteiger partial charge is 0.123 e. The number of benzene rings is 1. The zero-order valence-corrected chi connectivity index (χ0v) is 17.1. The SMILES string of the molecule is C[C@H]1CCCN(CCOc2ccccc2CN2CCC(c3ncc[nH]3)CC2)C1. The zero-order chi connectivity index (χ0) is 19.2. The third-order valence-corrected chi connectivity index (χ3v) is 6.27. The number of aromatic nitrogens is 2. The molecule has 0 bridgehead atoms. The summed E-state index contributed by atoms with van der Waals surface area (Å²) >= 11 is 0. The molecule has 4 rings (SSSR count). The van der Waals surface area contributed by atoms with E-state index in [9.17, 15) is 0 Å². The second-order valence-corrected chi connectivity index (χ2v) is 8.53. The minimum absolute atomic E-state index is 0.574. The van der Waals surface area contributed by atoms with E-state index < -0.39 is 0 Å². The van der Waals surface area contributed by atoms with Crippen molar-refractivity contribution < 1.29 is 4.74 Å². The van der Waals surface area contributed by atoms with Gasteiger partial charge in [-0.15, -0.1) is 0 Å². The van der Waals surface area contributed by atoms with Crippen molar-refractivity contribution in [2.45, 2.75) is 45.1 Å². The van der Waals surface area contributed by atoms with Gasteiger partial charge in [-0.2, -0.15) is 0 Å². The molecule has 28 heavy (non-hydrogen) atoms. The first-order valence-corrected chi connectivity index (χ1v) is 10.9. The lowest BCUT2D eigenvalue weighted by Gasteiger charge is -2.32. The Kier molecular flexibility index (Phi) is 6.65. The molecule has 1 aromatic carbocycles. The Bertz CT molecular complexity index is 709. The Morgan fingerprint density at radius 1 is 1.11 bits per heavy atom. The molecular formula is C23H34N4O. The van der Waals surface area contributed by atoms with Crippen molar-refractivity contribution >= 4 is 0 Å². The molecule has 5 heteroatoms. The fraction of sp³-hybridized carbons (Fsp3) is 0.609. The molecule has 0 spiro atoms. The first-order valence-electron chi connectivity index (χ1n) is 10.9. The summed E-state index contributed by atoms with van der Waals surface area (Å²) in [6.45, 7) is 9.82. The molecule has 1 aromatic heterocycles. The number of H-pyrrole nitrogens is 1. The number of rotatable bonds is 7. The Balaban J connectivity index is 1.26. The lowest BCUT2D eigenvalue weighted by Crippen LogP contribution is -2.37. The van der Waals surface area contributed by atoms with Crippen molar-refractivity contribution in [3.8, 4) is 5.75 Å². The van der Waals surface area contributed by atoms with Crippen LogP contribution in [0.15, 0.2) is 36.7 Å². The summed E-state index contributed by atoms with van der Waals surface area (Å²) in [4.78, 5) is 12.8. The quantitative estimate of drug-likeness (QED) is 0.789. The van der Waals surface area contributed by atoms with Crippen molar-refractivity contribution in [2.75, 3.05) is 39.3 Å². The summed E-state index contributed by atoms with van der Waals surface area (Å²) in [6, 6.07) is 8.57. The van der Waals surface area contributed by atoms with E-state index in [1.54, 1.807) is 0 Å². The monoisotopic (exact) mass is 382 g/mol. The summed E-state index contributed by atoms with van der Waals surface area (Å²) < 4.78 is 6.21. The Morgan fingerprint density at radius 3 is 2.75 bits per heavy atom. The molecule has 0 amide bonds. The molecular weight excluding hydrogens is 348 g/mol. The van der Waals surface area contributed by atoms with Gasteiger partial charge >= 0.3 is 0 Å². The first-order chi connectivity index (χ1) is 13.8. The van der Waals surface area contributed by atoms with E-state index in [-0.39, 0.29) is 0 Å². The van der Waals surface area contributed by atoms with E-state index in [0.717, 1.165) is 50.3 Å². The molecule has 0 unspecified atom stereocenters. The standard InChI is InChI=1S/C23H34N4O/c1-19-5-4-12-26(17-19)15-16-28-22-7-3-2-6-21(22)18-27-13-8-20(9-14-27)23-24-10-11-25-23/h2-3,6-7,10-11,19-20H,4-5,8-9,12-18H2,1H3,(H,24,25)/t19-/m0/s1. The summed E-state index contributed by atoms with van der Waals surface area (Å²) in [5, 5.41) is 0. The number of nitrogens with zero attached hydrogens (tertiary/aromatic N) is 3. The number of nitrogens with one attached hydrogen (secondary N) is 1. The lowest BCUT2D eigenvalue weighted by atomic mass is 9.96. The van der Waals surface area contributed by atoms with Crippen LogP contribution in [0.2, 0.25) is 0 Å². The molecule has 1 atom stereocenters. The van der Waals surface area contributed by atoms with Crippen molar-refractivity contribution in [3.63, 3.8) is 0 Å². The molecule has 2 aliphatic heterocycles. The van der Waals surface area contributed by atoms with Gasteiger partial charge in [0.1, 0.15) is 18.2 Å². The van der Waals surface area contributed by atoms with Gasteiger partial charge < -0.3 is 9.72 Å². The molecule has 5 nitrogen and oxygen atoms in total. The normalized spacial score (nSPS) is 22.4. The summed E-state index contributed by atoms with van der Waals surface area (Å²) in [5.41, 5.74) is 1.31. The molecule has 2 aliphatic rings. The van der Waals surface area contributed by atoms with E-state index in [2.05, 4.69) is 51.0 Å².